The van der Waals surface area contributed by atoms with E-state index in [4.69, 9.17) is 15.6 Å². The summed E-state index contributed by atoms with van der Waals surface area (Å²) in [5.41, 5.74) is 5.08. The maximum Gasteiger partial charge on any atom is 0.160 e. The minimum absolute atomic E-state index is 0.181. The molecule has 4 heteroatoms. The lowest BCUT2D eigenvalue weighted by molar-refractivity contribution is 0.373. The molecule has 0 spiro atoms. The van der Waals surface area contributed by atoms with Gasteiger partial charge in [-0.2, -0.15) is 0 Å². The van der Waals surface area contributed by atoms with E-state index in [1.54, 1.807) is 24.3 Å². The highest BCUT2D eigenvalue weighted by Crippen LogP contribution is 2.22. The molecule has 1 aromatic carbocycles. The van der Waals surface area contributed by atoms with E-state index in [-0.39, 0.29) is 5.75 Å². The van der Waals surface area contributed by atoms with Crippen LogP contribution in [-0.2, 0) is 0 Å². The fraction of sp³-hybridized carbons (Fsp3) is 0.400. The number of nitrogens with one attached hydrogen (secondary N) is 1. The lowest BCUT2D eigenvalue weighted by Crippen LogP contribution is -2.17. The number of aromatic hydroxyl groups is 1. The van der Waals surface area contributed by atoms with Gasteiger partial charge in [0.15, 0.2) is 11.5 Å². The van der Waals surface area contributed by atoms with Crippen LogP contribution < -0.4 is 15.8 Å². The molecule has 0 saturated heterocycles. The van der Waals surface area contributed by atoms with Crippen molar-refractivity contribution in [1.82, 2.24) is 5.32 Å². The van der Waals surface area contributed by atoms with Crippen LogP contribution in [0.5, 0.6) is 11.5 Å². The minimum atomic E-state index is 0.181. The van der Waals surface area contributed by atoms with Crippen molar-refractivity contribution in [2.24, 2.45) is 5.73 Å². The quantitative estimate of drug-likeness (QED) is 0.664. The van der Waals surface area contributed by atoms with Gasteiger partial charge in [-0.3, -0.25) is 0 Å². The number of benzene rings is 1. The predicted octanol–water partition coefficient (Wildman–Crippen LogP) is 0.565. The van der Waals surface area contributed by atoms with Gasteiger partial charge in [0.25, 0.3) is 0 Å². The van der Waals surface area contributed by atoms with Gasteiger partial charge >= 0.3 is 0 Å². The molecule has 80 valence electrons. The number of likely N-dealkylation sites (N-methyl/N-ethyl adjacent to an activating group) is 1. The fourth-order valence-corrected chi connectivity index (χ4v) is 0.774. The number of rotatable bonds is 3. The summed E-state index contributed by atoms with van der Waals surface area (Å²) in [4.78, 5) is 0. The molecule has 0 aliphatic carbocycles. The van der Waals surface area contributed by atoms with Crippen molar-refractivity contribution in [2.45, 2.75) is 0 Å². The number of phenolic OH excluding ortho intramolecular Hbond substituents is 1. The molecule has 0 radical (unpaired) electrons. The lowest BCUT2D eigenvalue weighted by Gasteiger charge is -1.99. The molecule has 0 unspecified atom stereocenters. The molecule has 4 nitrogen and oxygen atoms in total. The highest BCUT2D eigenvalue weighted by molar-refractivity contribution is 5.37. The van der Waals surface area contributed by atoms with Crippen molar-refractivity contribution in [2.75, 3.05) is 27.2 Å². The smallest absolute Gasteiger partial charge is 0.160 e. The van der Waals surface area contributed by atoms with Gasteiger partial charge in [0.1, 0.15) is 0 Å². The van der Waals surface area contributed by atoms with Crippen LogP contribution in [0.15, 0.2) is 24.3 Å². The maximum atomic E-state index is 8.99. The molecule has 4 N–H and O–H groups in total. The van der Waals surface area contributed by atoms with E-state index in [1.165, 1.54) is 7.11 Å². The van der Waals surface area contributed by atoms with Crippen LogP contribution in [-0.4, -0.2) is 32.4 Å². The second kappa shape index (κ2) is 8.34. The number of para-hydroxylation sites is 2. The van der Waals surface area contributed by atoms with Gasteiger partial charge < -0.3 is 20.9 Å². The number of methoxy groups -OCH3 is 1. The van der Waals surface area contributed by atoms with E-state index < -0.39 is 0 Å². The molecule has 0 aliphatic rings. The monoisotopic (exact) mass is 198 g/mol. The summed E-state index contributed by atoms with van der Waals surface area (Å²) in [5, 5.41) is 11.9. The van der Waals surface area contributed by atoms with Crippen molar-refractivity contribution in [3.63, 3.8) is 0 Å². The van der Waals surface area contributed by atoms with Crippen LogP contribution in [0, 0.1) is 0 Å². The molecule has 0 aliphatic heterocycles. The number of nitrogens with two attached hydrogens (primary N) is 1. The van der Waals surface area contributed by atoms with Crippen LogP contribution in [0.4, 0.5) is 0 Å². The van der Waals surface area contributed by atoms with Crippen LogP contribution in [0.25, 0.3) is 0 Å². The Morgan fingerprint density at radius 2 is 2.07 bits per heavy atom. The van der Waals surface area contributed by atoms with Gasteiger partial charge in [-0.05, 0) is 19.2 Å². The largest absolute Gasteiger partial charge is 0.504 e. The van der Waals surface area contributed by atoms with Gasteiger partial charge in [0, 0.05) is 13.1 Å². The van der Waals surface area contributed by atoms with Gasteiger partial charge in [0.05, 0.1) is 7.11 Å². The molecule has 1 rings (SSSR count). The second-order valence-corrected chi connectivity index (χ2v) is 2.56. The summed E-state index contributed by atoms with van der Waals surface area (Å²) in [6.45, 7) is 1.65. The van der Waals surface area contributed by atoms with Gasteiger partial charge in [-0.15, -0.1) is 0 Å². The Balaban J connectivity index is 0.000000292. The first-order valence-corrected chi connectivity index (χ1v) is 4.43. The molecule has 0 amide bonds. The molecule has 0 saturated carbocycles. The van der Waals surface area contributed by atoms with Crippen molar-refractivity contribution in [3.05, 3.63) is 24.3 Å². The molecule has 1 aromatic rings. The average molecular weight is 198 g/mol. The molecule has 14 heavy (non-hydrogen) atoms. The van der Waals surface area contributed by atoms with E-state index in [0.29, 0.717) is 5.75 Å². The van der Waals surface area contributed by atoms with Gasteiger partial charge in [0.2, 0.25) is 0 Å². The Bertz CT molecular complexity index is 239. The normalized spacial score (nSPS) is 8.79. The highest BCUT2D eigenvalue weighted by atomic mass is 16.5. The molecule has 0 bridgehead atoms. The van der Waals surface area contributed by atoms with E-state index >= 15 is 0 Å². The van der Waals surface area contributed by atoms with Gasteiger partial charge in [-0.1, -0.05) is 12.1 Å². The molecule has 0 aromatic heterocycles. The van der Waals surface area contributed by atoms with Crippen LogP contribution in [0.2, 0.25) is 0 Å². The maximum absolute atomic E-state index is 8.99. The third-order valence-corrected chi connectivity index (χ3v) is 1.48. The summed E-state index contributed by atoms with van der Waals surface area (Å²) in [6.07, 6.45) is 0. The first-order valence-electron chi connectivity index (χ1n) is 4.43. The summed E-state index contributed by atoms with van der Waals surface area (Å²) in [7, 11) is 3.40. The second-order valence-electron chi connectivity index (χ2n) is 2.56. The molecular formula is C10H18N2O2. The van der Waals surface area contributed by atoms with Gasteiger partial charge in [-0.25, -0.2) is 0 Å². The van der Waals surface area contributed by atoms with Crippen molar-refractivity contribution in [3.8, 4) is 11.5 Å². The summed E-state index contributed by atoms with van der Waals surface area (Å²) in [6, 6.07) is 6.84. The third-order valence-electron chi connectivity index (χ3n) is 1.48. The predicted molar refractivity (Wildman–Crippen MR) is 57.6 cm³/mol. The SMILES string of the molecule is CNCCN.COc1ccccc1O. The minimum Gasteiger partial charge on any atom is -0.504 e. The van der Waals surface area contributed by atoms with Crippen molar-refractivity contribution in [1.29, 1.82) is 0 Å². The summed E-state index contributed by atoms with van der Waals surface area (Å²) in [5.74, 6) is 0.692. The number of hydrogen-bond donors (Lipinski definition) is 3. The number of phenols is 1. The zero-order chi connectivity index (χ0) is 10.8. The van der Waals surface area contributed by atoms with Crippen LogP contribution in [0.1, 0.15) is 0 Å². The Morgan fingerprint density at radius 1 is 1.43 bits per heavy atom. The average Bonchev–Trinajstić information content (AvgIpc) is 2.21. The van der Waals surface area contributed by atoms with Crippen LogP contribution in [0.3, 0.4) is 0 Å². The number of hydrogen-bond acceptors (Lipinski definition) is 4. The van der Waals surface area contributed by atoms with E-state index in [1.807, 2.05) is 7.05 Å². The summed E-state index contributed by atoms with van der Waals surface area (Å²) < 4.78 is 4.79. The van der Waals surface area contributed by atoms with E-state index in [9.17, 15) is 0 Å². The zero-order valence-corrected chi connectivity index (χ0v) is 8.66. The fourth-order valence-electron chi connectivity index (χ4n) is 0.774. The summed E-state index contributed by atoms with van der Waals surface area (Å²) >= 11 is 0. The first kappa shape index (κ1) is 12.7. The zero-order valence-electron chi connectivity index (χ0n) is 8.66. The Kier molecular flexibility index (Phi) is 7.59. The first-order chi connectivity index (χ1) is 6.76. The Hall–Kier alpha value is -1.26. The lowest BCUT2D eigenvalue weighted by atomic mass is 10.3. The highest BCUT2D eigenvalue weighted by Gasteiger charge is 1.94. The topological polar surface area (TPSA) is 67.5 Å². The van der Waals surface area contributed by atoms with E-state index in [0.717, 1.165) is 13.1 Å². The van der Waals surface area contributed by atoms with Crippen LogP contribution >= 0.6 is 0 Å². The Labute approximate surface area is 84.7 Å². The third kappa shape index (κ3) is 5.40. The standard InChI is InChI=1S/C7H8O2.C3H10N2/c1-9-7-5-3-2-4-6(7)8;1-5-3-2-4/h2-5,8H,1H3;5H,2-4H2,1H3. The molecule has 0 atom stereocenters. The van der Waals surface area contributed by atoms with E-state index in [2.05, 4.69) is 5.32 Å². The molecule has 0 fully saturated rings. The molecule has 0 heterocycles. The van der Waals surface area contributed by atoms with Crippen molar-refractivity contribution >= 4 is 0 Å². The number of ether oxygens (including phenoxy) is 1. The van der Waals surface area contributed by atoms with Crippen molar-refractivity contribution < 1.29 is 9.84 Å². The molecular weight excluding hydrogens is 180 g/mol. The Morgan fingerprint density at radius 3 is 2.36 bits per heavy atom.